The van der Waals surface area contributed by atoms with Gasteiger partial charge in [0.2, 0.25) is 0 Å². The summed E-state index contributed by atoms with van der Waals surface area (Å²) >= 11 is 0. The minimum Gasteiger partial charge on any atom is -0.494 e. The normalized spacial score (nSPS) is 18.5. The second-order valence-corrected chi connectivity index (χ2v) is 7.37. The summed E-state index contributed by atoms with van der Waals surface area (Å²) in [5.74, 6) is 0.166. The van der Waals surface area contributed by atoms with Crippen molar-refractivity contribution in [3.05, 3.63) is 53.6 Å². The van der Waals surface area contributed by atoms with Gasteiger partial charge in [-0.15, -0.1) is 0 Å². The van der Waals surface area contributed by atoms with E-state index in [1.54, 1.807) is 0 Å². The molecule has 0 bridgehead atoms. The third-order valence-corrected chi connectivity index (χ3v) is 5.58. The zero-order valence-electron chi connectivity index (χ0n) is 15.5. The molecule has 2 heterocycles. The van der Waals surface area contributed by atoms with Crippen LogP contribution < -0.4 is 4.90 Å². The molecule has 1 aliphatic carbocycles. The number of benzene rings is 1. The van der Waals surface area contributed by atoms with E-state index >= 15 is 0 Å². The summed E-state index contributed by atoms with van der Waals surface area (Å²) in [6, 6.07) is 10.4. The first-order chi connectivity index (χ1) is 13.1. The summed E-state index contributed by atoms with van der Waals surface area (Å²) in [6.45, 7) is 4.35. The van der Waals surface area contributed by atoms with Crippen molar-refractivity contribution in [2.24, 2.45) is 0 Å². The molecular formula is C21H27N3O3. The molecule has 4 rings (SSSR count). The van der Waals surface area contributed by atoms with Gasteiger partial charge in [0.25, 0.3) is 0 Å². The van der Waals surface area contributed by atoms with Crippen molar-refractivity contribution < 1.29 is 15.3 Å². The number of para-hydroxylation sites is 1. The van der Waals surface area contributed by atoms with Crippen LogP contribution in [0.15, 0.2) is 42.5 Å². The Hall–Kier alpha value is -2.44. The predicted octanol–water partition coefficient (Wildman–Crippen LogP) is 1.74. The quantitative estimate of drug-likeness (QED) is 0.701. The maximum absolute atomic E-state index is 10.5. The number of hydrogen-bond acceptors (Lipinski definition) is 5. The number of aliphatic hydroxyl groups excluding tert-OH is 1. The summed E-state index contributed by atoms with van der Waals surface area (Å²) < 4.78 is 1.45. The summed E-state index contributed by atoms with van der Waals surface area (Å²) in [5, 5.41) is 31.4. The highest BCUT2D eigenvalue weighted by atomic mass is 16.3. The first kappa shape index (κ1) is 17.9. The van der Waals surface area contributed by atoms with Gasteiger partial charge >= 0.3 is 0 Å². The minimum atomic E-state index is -0.646. The molecule has 0 spiro atoms. The summed E-state index contributed by atoms with van der Waals surface area (Å²) in [5.41, 5.74) is 2.79. The van der Waals surface area contributed by atoms with Crippen LogP contribution in [0, 0.1) is 0 Å². The molecule has 1 unspecified atom stereocenters. The molecule has 1 atom stereocenters. The molecule has 2 aliphatic rings. The van der Waals surface area contributed by atoms with Crippen LogP contribution >= 0.6 is 0 Å². The Bertz CT molecular complexity index is 776. The number of anilines is 1. The molecule has 1 fully saturated rings. The van der Waals surface area contributed by atoms with Crippen LogP contribution in [0.25, 0.3) is 0 Å². The summed E-state index contributed by atoms with van der Waals surface area (Å²) in [4.78, 5) is 4.59. The standard InChI is InChI=1S/C21H27N3O3/c25-17(15-24-20(26)18-8-4-5-9-19(18)21(24)27)14-22-10-12-23(13-11-22)16-6-2-1-3-7-16/h1-7,17,25-27H,8-15H2. The Morgan fingerprint density at radius 1 is 0.815 bits per heavy atom. The van der Waals surface area contributed by atoms with E-state index in [4.69, 9.17) is 0 Å². The number of aromatic hydroxyl groups is 2. The molecule has 27 heavy (non-hydrogen) atoms. The first-order valence-electron chi connectivity index (χ1n) is 9.61. The average molecular weight is 369 g/mol. The fraction of sp³-hybridized carbons (Fsp3) is 0.429. The molecular weight excluding hydrogens is 342 g/mol. The lowest BCUT2D eigenvalue weighted by Crippen LogP contribution is -2.49. The number of rotatable bonds is 5. The molecule has 144 valence electrons. The maximum Gasteiger partial charge on any atom is 0.197 e. The Kier molecular flexibility index (Phi) is 5.09. The number of nitrogens with zero attached hydrogens (tertiary/aromatic N) is 3. The van der Waals surface area contributed by atoms with Crippen LogP contribution in [0.4, 0.5) is 5.69 Å². The van der Waals surface area contributed by atoms with Crippen LogP contribution in [0.3, 0.4) is 0 Å². The van der Waals surface area contributed by atoms with Gasteiger partial charge in [0, 0.05) is 49.5 Å². The number of aromatic nitrogens is 1. The highest BCUT2D eigenvalue weighted by Gasteiger charge is 2.25. The van der Waals surface area contributed by atoms with Gasteiger partial charge in [0.1, 0.15) is 0 Å². The van der Waals surface area contributed by atoms with Crippen molar-refractivity contribution in [3.63, 3.8) is 0 Å². The van der Waals surface area contributed by atoms with E-state index in [-0.39, 0.29) is 18.3 Å². The average Bonchev–Trinajstić information content (AvgIpc) is 2.94. The monoisotopic (exact) mass is 369 g/mol. The third-order valence-electron chi connectivity index (χ3n) is 5.58. The van der Waals surface area contributed by atoms with Gasteiger partial charge in [-0.25, -0.2) is 0 Å². The van der Waals surface area contributed by atoms with Gasteiger partial charge in [-0.2, -0.15) is 0 Å². The molecule has 0 amide bonds. The number of fused-ring (bicyclic) bond motifs is 1. The molecule has 0 saturated carbocycles. The van der Waals surface area contributed by atoms with Crippen molar-refractivity contribution in [3.8, 4) is 11.8 Å². The molecule has 6 heteroatoms. The van der Waals surface area contributed by atoms with E-state index in [0.29, 0.717) is 19.4 Å². The maximum atomic E-state index is 10.5. The molecule has 3 N–H and O–H groups in total. The Labute approximate surface area is 159 Å². The fourth-order valence-corrected chi connectivity index (χ4v) is 4.09. The van der Waals surface area contributed by atoms with Gasteiger partial charge < -0.3 is 20.2 Å². The van der Waals surface area contributed by atoms with E-state index in [0.717, 1.165) is 37.3 Å². The second kappa shape index (κ2) is 7.66. The third kappa shape index (κ3) is 3.68. The highest BCUT2D eigenvalue weighted by Crippen LogP contribution is 2.36. The molecule has 6 nitrogen and oxygen atoms in total. The SMILES string of the molecule is Oc1c2c(c(O)n1CC(O)CN1CCN(c3ccccc3)CC1)CC=CC2. The lowest BCUT2D eigenvalue weighted by molar-refractivity contribution is 0.0908. The van der Waals surface area contributed by atoms with Crippen LogP contribution in [0.1, 0.15) is 11.1 Å². The lowest BCUT2D eigenvalue weighted by Gasteiger charge is -2.37. The van der Waals surface area contributed by atoms with E-state index < -0.39 is 6.10 Å². The van der Waals surface area contributed by atoms with Crippen molar-refractivity contribution in [2.75, 3.05) is 37.6 Å². The van der Waals surface area contributed by atoms with Gasteiger partial charge in [-0.3, -0.25) is 9.47 Å². The van der Waals surface area contributed by atoms with E-state index in [1.165, 1.54) is 10.3 Å². The van der Waals surface area contributed by atoms with Crippen LogP contribution in [0.5, 0.6) is 11.8 Å². The number of piperazine rings is 1. The van der Waals surface area contributed by atoms with Gasteiger partial charge in [0.15, 0.2) is 11.8 Å². The lowest BCUT2D eigenvalue weighted by atomic mass is 10.0. The van der Waals surface area contributed by atoms with E-state index in [9.17, 15) is 15.3 Å². The molecule has 1 aromatic carbocycles. The molecule has 2 aromatic rings. The van der Waals surface area contributed by atoms with Crippen molar-refractivity contribution in [1.82, 2.24) is 9.47 Å². The van der Waals surface area contributed by atoms with Crippen LogP contribution in [-0.4, -0.2) is 63.6 Å². The molecule has 1 aromatic heterocycles. The first-order valence-corrected chi connectivity index (χ1v) is 9.61. The van der Waals surface area contributed by atoms with Crippen LogP contribution in [0.2, 0.25) is 0 Å². The van der Waals surface area contributed by atoms with Gasteiger partial charge in [-0.05, 0) is 25.0 Å². The largest absolute Gasteiger partial charge is 0.494 e. The van der Waals surface area contributed by atoms with Gasteiger partial charge in [-0.1, -0.05) is 30.4 Å². The second-order valence-electron chi connectivity index (χ2n) is 7.37. The van der Waals surface area contributed by atoms with Crippen molar-refractivity contribution in [1.29, 1.82) is 0 Å². The Morgan fingerprint density at radius 3 is 2.00 bits per heavy atom. The zero-order valence-corrected chi connectivity index (χ0v) is 15.5. The smallest absolute Gasteiger partial charge is 0.197 e. The molecule has 1 aliphatic heterocycles. The summed E-state index contributed by atoms with van der Waals surface area (Å²) in [7, 11) is 0. The van der Waals surface area contributed by atoms with Gasteiger partial charge in [0.05, 0.1) is 12.6 Å². The molecule has 0 radical (unpaired) electrons. The van der Waals surface area contributed by atoms with E-state index in [1.807, 2.05) is 18.2 Å². The van der Waals surface area contributed by atoms with Crippen molar-refractivity contribution >= 4 is 5.69 Å². The fourth-order valence-electron chi connectivity index (χ4n) is 4.09. The highest BCUT2D eigenvalue weighted by molar-refractivity contribution is 5.49. The Balaban J connectivity index is 1.33. The number of β-amino-alcohol motifs (C(OH)–C–C–N with tert-alkyl or cyclic N) is 1. The number of allylic oxidation sites excluding steroid dienone is 2. The van der Waals surface area contributed by atoms with E-state index in [2.05, 4.69) is 34.1 Å². The Morgan fingerprint density at radius 2 is 1.41 bits per heavy atom. The molecule has 1 saturated heterocycles. The zero-order chi connectivity index (χ0) is 18.8. The summed E-state index contributed by atoms with van der Waals surface area (Å²) in [6.07, 6.45) is 4.59. The van der Waals surface area contributed by atoms with Crippen LogP contribution in [-0.2, 0) is 19.4 Å². The minimum absolute atomic E-state index is 0.0831. The number of hydrogen-bond donors (Lipinski definition) is 3. The predicted molar refractivity (Wildman–Crippen MR) is 105 cm³/mol. The topological polar surface area (TPSA) is 72.1 Å². The number of aliphatic hydroxyl groups is 1. The van der Waals surface area contributed by atoms with Crippen molar-refractivity contribution in [2.45, 2.75) is 25.5 Å².